The second-order valence-electron chi connectivity index (χ2n) is 5.85. The molecule has 0 aromatic heterocycles. The van der Waals surface area contributed by atoms with Gasteiger partial charge in [-0.2, -0.15) is 0 Å². The van der Waals surface area contributed by atoms with Crippen LogP contribution in [0.1, 0.15) is 23.6 Å². The van der Waals surface area contributed by atoms with Crippen LogP contribution in [0.3, 0.4) is 0 Å². The van der Waals surface area contributed by atoms with Gasteiger partial charge in [-0.05, 0) is 55.2 Å². The first kappa shape index (κ1) is 18.6. The molecule has 5 nitrogen and oxygen atoms in total. The predicted molar refractivity (Wildman–Crippen MR) is 102 cm³/mol. The molecule has 0 saturated carbocycles. The van der Waals surface area contributed by atoms with Crippen LogP contribution in [-0.4, -0.2) is 31.3 Å². The van der Waals surface area contributed by atoms with E-state index in [0.717, 1.165) is 42.3 Å². The van der Waals surface area contributed by atoms with Crippen molar-refractivity contribution in [2.45, 2.75) is 26.8 Å². The molecule has 0 unspecified atom stereocenters. The van der Waals surface area contributed by atoms with E-state index in [9.17, 15) is 5.11 Å². The third-order valence-corrected chi connectivity index (χ3v) is 3.85. The van der Waals surface area contributed by atoms with Gasteiger partial charge in [-0.25, -0.2) is 4.99 Å². The van der Waals surface area contributed by atoms with Gasteiger partial charge in [0.2, 0.25) is 0 Å². The molecule has 0 heterocycles. The van der Waals surface area contributed by atoms with Crippen molar-refractivity contribution in [1.82, 2.24) is 10.6 Å². The Bertz CT molecular complexity index is 714. The number of phenolic OH excluding ortho intramolecular Hbond substituents is 1. The average Bonchev–Trinajstić information content (AvgIpc) is 2.61. The zero-order chi connectivity index (χ0) is 18.1. The van der Waals surface area contributed by atoms with Gasteiger partial charge in [-0.1, -0.05) is 24.3 Å². The molecule has 0 fully saturated rings. The number of hydrogen-bond acceptors (Lipinski definition) is 3. The molecule has 0 bridgehead atoms. The van der Waals surface area contributed by atoms with Crippen molar-refractivity contribution < 1.29 is 9.84 Å². The molecule has 5 heteroatoms. The van der Waals surface area contributed by atoms with E-state index in [4.69, 9.17) is 4.74 Å². The normalized spacial score (nSPS) is 11.2. The minimum Gasteiger partial charge on any atom is -0.508 e. The Labute approximate surface area is 149 Å². The molecule has 3 N–H and O–H groups in total. The summed E-state index contributed by atoms with van der Waals surface area (Å²) in [4.78, 5) is 4.56. The molecule has 0 aliphatic rings. The van der Waals surface area contributed by atoms with E-state index in [-0.39, 0.29) is 5.75 Å². The summed E-state index contributed by atoms with van der Waals surface area (Å²) in [6.07, 6.45) is 0.882. The predicted octanol–water partition coefficient (Wildman–Crippen LogP) is 3.01. The summed E-state index contributed by atoms with van der Waals surface area (Å²) in [7, 11) is 1.70. The third-order valence-electron chi connectivity index (χ3n) is 3.85. The zero-order valence-corrected chi connectivity index (χ0v) is 15.2. The van der Waals surface area contributed by atoms with Gasteiger partial charge in [-0.15, -0.1) is 0 Å². The van der Waals surface area contributed by atoms with E-state index in [2.05, 4.69) is 33.8 Å². The van der Waals surface area contributed by atoms with Gasteiger partial charge in [0.05, 0.1) is 13.7 Å². The fourth-order valence-electron chi connectivity index (χ4n) is 2.51. The average molecular weight is 341 g/mol. The van der Waals surface area contributed by atoms with Crippen LogP contribution < -0.4 is 15.4 Å². The Kier molecular flexibility index (Phi) is 7.14. The Morgan fingerprint density at radius 2 is 1.96 bits per heavy atom. The van der Waals surface area contributed by atoms with E-state index in [1.54, 1.807) is 19.2 Å². The van der Waals surface area contributed by atoms with Crippen LogP contribution in [0, 0.1) is 6.92 Å². The highest BCUT2D eigenvalue weighted by molar-refractivity contribution is 5.79. The summed E-state index contributed by atoms with van der Waals surface area (Å²) < 4.78 is 5.37. The maximum absolute atomic E-state index is 9.52. The number of phenols is 1. The number of nitrogens with zero attached hydrogens (tertiary/aromatic N) is 1. The maximum Gasteiger partial charge on any atom is 0.191 e. The largest absolute Gasteiger partial charge is 0.508 e. The Morgan fingerprint density at radius 3 is 2.68 bits per heavy atom. The van der Waals surface area contributed by atoms with Crippen LogP contribution in [0.15, 0.2) is 47.5 Å². The zero-order valence-electron chi connectivity index (χ0n) is 15.2. The van der Waals surface area contributed by atoms with Gasteiger partial charge in [0.25, 0.3) is 0 Å². The molecule has 0 radical (unpaired) electrons. The number of aryl methyl sites for hydroxylation is 1. The maximum atomic E-state index is 9.52. The van der Waals surface area contributed by atoms with Crippen LogP contribution in [0.4, 0.5) is 0 Å². The van der Waals surface area contributed by atoms with Gasteiger partial charge in [-0.3, -0.25) is 0 Å². The van der Waals surface area contributed by atoms with Crippen molar-refractivity contribution >= 4 is 5.96 Å². The van der Waals surface area contributed by atoms with E-state index >= 15 is 0 Å². The number of aromatic hydroxyl groups is 1. The number of hydrogen-bond donors (Lipinski definition) is 3. The highest BCUT2D eigenvalue weighted by Gasteiger charge is 2.02. The number of rotatable bonds is 7. The van der Waals surface area contributed by atoms with Crippen molar-refractivity contribution in [3.8, 4) is 11.5 Å². The molecular formula is C20H27N3O2. The van der Waals surface area contributed by atoms with E-state index in [1.165, 1.54) is 5.56 Å². The summed E-state index contributed by atoms with van der Waals surface area (Å²) in [5, 5.41) is 16.1. The second-order valence-corrected chi connectivity index (χ2v) is 5.85. The van der Waals surface area contributed by atoms with Crippen molar-refractivity contribution in [3.05, 3.63) is 59.2 Å². The quantitative estimate of drug-likeness (QED) is 0.535. The molecule has 0 spiro atoms. The summed E-state index contributed by atoms with van der Waals surface area (Å²) in [6, 6.07) is 13.4. The fraction of sp³-hybridized carbons (Fsp3) is 0.350. The summed E-state index contributed by atoms with van der Waals surface area (Å²) in [5.74, 6) is 1.95. The first-order valence-corrected chi connectivity index (χ1v) is 8.56. The molecular weight excluding hydrogens is 314 g/mol. The molecule has 0 aliphatic carbocycles. The van der Waals surface area contributed by atoms with Crippen molar-refractivity contribution in [2.24, 2.45) is 4.99 Å². The monoisotopic (exact) mass is 341 g/mol. The van der Waals surface area contributed by atoms with E-state index < -0.39 is 0 Å². The number of ether oxygens (including phenoxy) is 1. The van der Waals surface area contributed by atoms with Crippen molar-refractivity contribution in [1.29, 1.82) is 0 Å². The van der Waals surface area contributed by atoms with Crippen LogP contribution in [0.2, 0.25) is 0 Å². The molecule has 0 amide bonds. The molecule has 25 heavy (non-hydrogen) atoms. The molecule has 0 aliphatic heterocycles. The van der Waals surface area contributed by atoms with Gasteiger partial charge < -0.3 is 20.5 Å². The minimum atomic E-state index is 0.263. The first-order valence-electron chi connectivity index (χ1n) is 8.56. The molecule has 0 saturated heterocycles. The van der Waals surface area contributed by atoms with Crippen LogP contribution >= 0.6 is 0 Å². The van der Waals surface area contributed by atoms with Crippen LogP contribution in [0.25, 0.3) is 0 Å². The summed E-state index contributed by atoms with van der Waals surface area (Å²) in [6.45, 7) is 6.17. The topological polar surface area (TPSA) is 65.9 Å². The van der Waals surface area contributed by atoms with Gasteiger partial charge in [0.1, 0.15) is 11.5 Å². The van der Waals surface area contributed by atoms with E-state index in [1.807, 2.05) is 26.0 Å². The lowest BCUT2D eigenvalue weighted by molar-refractivity contribution is 0.411. The molecule has 2 aromatic rings. The number of guanidine groups is 1. The molecule has 2 aromatic carbocycles. The van der Waals surface area contributed by atoms with E-state index in [0.29, 0.717) is 6.54 Å². The lowest BCUT2D eigenvalue weighted by atomic mass is 10.1. The van der Waals surface area contributed by atoms with Gasteiger partial charge in [0, 0.05) is 13.1 Å². The smallest absolute Gasteiger partial charge is 0.191 e. The standard InChI is InChI=1S/C20H27N3O2/c1-4-21-20(23-14-17-6-5-7-18(24)12-17)22-11-10-16-9-8-15(2)19(13-16)25-3/h5-9,12-13,24H,4,10-11,14H2,1-3H3,(H2,21,22,23). The van der Waals surface area contributed by atoms with Gasteiger partial charge in [0.15, 0.2) is 5.96 Å². The summed E-state index contributed by atoms with van der Waals surface area (Å²) in [5.41, 5.74) is 3.33. The Hall–Kier alpha value is -2.69. The van der Waals surface area contributed by atoms with Crippen LogP contribution in [0.5, 0.6) is 11.5 Å². The van der Waals surface area contributed by atoms with Crippen molar-refractivity contribution in [2.75, 3.05) is 20.2 Å². The number of methoxy groups -OCH3 is 1. The highest BCUT2D eigenvalue weighted by atomic mass is 16.5. The van der Waals surface area contributed by atoms with Crippen LogP contribution in [-0.2, 0) is 13.0 Å². The number of aliphatic imine (C=N–C) groups is 1. The highest BCUT2D eigenvalue weighted by Crippen LogP contribution is 2.19. The van der Waals surface area contributed by atoms with Gasteiger partial charge >= 0.3 is 0 Å². The third kappa shape index (κ3) is 6.03. The lowest BCUT2D eigenvalue weighted by Crippen LogP contribution is -2.38. The fourth-order valence-corrected chi connectivity index (χ4v) is 2.51. The number of nitrogens with one attached hydrogen (secondary N) is 2. The van der Waals surface area contributed by atoms with Crippen molar-refractivity contribution in [3.63, 3.8) is 0 Å². The Morgan fingerprint density at radius 1 is 1.12 bits per heavy atom. The minimum absolute atomic E-state index is 0.263. The SMILES string of the molecule is CCNC(=NCc1cccc(O)c1)NCCc1ccc(C)c(OC)c1. The number of benzene rings is 2. The first-order chi connectivity index (χ1) is 12.1. The lowest BCUT2D eigenvalue weighted by Gasteiger charge is -2.12. The molecule has 2 rings (SSSR count). The summed E-state index contributed by atoms with van der Waals surface area (Å²) >= 11 is 0. The second kappa shape index (κ2) is 9.57. The molecule has 134 valence electrons. The Balaban J connectivity index is 1.91. The molecule has 0 atom stereocenters.